The molecule has 0 unspecified atom stereocenters. The second-order valence-electron chi connectivity index (χ2n) is 5.28. The topological polar surface area (TPSA) is 38.1 Å². The SMILES string of the molecule is Cc1c(-c2cccc(O)c2)cnn1C(C)(C)C. The second-order valence-corrected chi connectivity index (χ2v) is 5.28. The van der Waals surface area contributed by atoms with E-state index in [0.717, 1.165) is 16.8 Å². The summed E-state index contributed by atoms with van der Waals surface area (Å²) in [5.41, 5.74) is 3.15. The maximum Gasteiger partial charge on any atom is 0.116 e. The molecule has 0 bridgehead atoms. The fourth-order valence-electron chi connectivity index (χ4n) is 2.04. The van der Waals surface area contributed by atoms with Crippen LogP contribution in [0.3, 0.4) is 0 Å². The second kappa shape index (κ2) is 3.91. The third kappa shape index (κ3) is 2.18. The first-order chi connectivity index (χ1) is 7.89. The number of benzene rings is 1. The minimum Gasteiger partial charge on any atom is -0.508 e. The van der Waals surface area contributed by atoms with E-state index >= 15 is 0 Å². The Hall–Kier alpha value is -1.77. The van der Waals surface area contributed by atoms with Gasteiger partial charge in [-0.3, -0.25) is 4.68 Å². The number of aromatic nitrogens is 2. The molecule has 0 aliphatic rings. The van der Waals surface area contributed by atoms with Crippen molar-refractivity contribution in [1.29, 1.82) is 0 Å². The van der Waals surface area contributed by atoms with E-state index in [1.165, 1.54) is 0 Å². The molecule has 0 spiro atoms. The first kappa shape index (κ1) is 11.7. The Kier molecular flexibility index (Phi) is 2.69. The van der Waals surface area contributed by atoms with Gasteiger partial charge in [0, 0.05) is 11.3 Å². The van der Waals surface area contributed by atoms with Gasteiger partial charge < -0.3 is 5.11 Å². The summed E-state index contributed by atoms with van der Waals surface area (Å²) in [5, 5.41) is 13.9. The van der Waals surface area contributed by atoms with Crippen molar-refractivity contribution in [2.45, 2.75) is 33.2 Å². The molecule has 0 amide bonds. The van der Waals surface area contributed by atoms with Crippen molar-refractivity contribution in [3.63, 3.8) is 0 Å². The lowest BCUT2D eigenvalue weighted by atomic mass is 10.0. The van der Waals surface area contributed by atoms with Crippen LogP contribution in [0.15, 0.2) is 30.5 Å². The summed E-state index contributed by atoms with van der Waals surface area (Å²) in [7, 11) is 0. The lowest BCUT2D eigenvalue weighted by molar-refractivity contribution is 0.348. The van der Waals surface area contributed by atoms with E-state index in [4.69, 9.17) is 0 Å². The minimum atomic E-state index is -0.0286. The number of hydrogen-bond donors (Lipinski definition) is 1. The van der Waals surface area contributed by atoms with Crippen molar-refractivity contribution in [3.8, 4) is 16.9 Å². The zero-order valence-electron chi connectivity index (χ0n) is 10.7. The highest BCUT2D eigenvalue weighted by atomic mass is 16.3. The molecule has 3 nitrogen and oxygen atoms in total. The highest BCUT2D eigenvalue weighted by Crippen LogP contribution is 2.28. The van der Waals surface area contributed by atoms with Crippen LogP contribution in [-0.2, 0) is 5.54 Å². The van der Waals surface area contributed by atoms with Gasteiger partial charge in [-0.15, -0.1) is 0 Å². The van der Waals surface area contributed by atoms with Crippen LogP contribution in [0.5, 0.6) is 5.75 Å². The van der Waals surface area contributed by atoms with Crippen molar-refractivity contribution >= 4 is 0 Å². The summed E-state index contributed by atoms with van der Waals surface area (Å²) >= 11 is 0. The van der Waals surface area contributed by atoms with Crippen LogP contribution in [0, 0.1) is 6.92 Å². The van der Waals surface area contributed by atoms with Crippen molar-refractivity contribution in [1.82, 2.24) is 9.78 Å². The summed E-state index contributed by atoms with van der Waals surface area (Å²) in [4.78, 5) is 0. The molecule has 0 atom stereocenters. The van der Waals surface area contributed by atoms with Gasteiger partial charge in [0.15, 0.2) is 0 Å². The Morgan fingerprint density at radius 3 is 2.47 bits per heavy atom. The van der Waals surface area contributed by atoms with Gasteiger partial charge in [0.05, 0.1) is 11.7 Å². The molecule has 1 N–H and O–H groups in total. The molecule has 3 heteroatoms. The van der Waals surface area contributed by atoms with Gasteiger partial charge in [0.1, 0.15) is 5.75 Å². The third-order valence-electron chi connectivity index (χ3n) is 2.80. The predicted octanol–water partition coefficient (Wildman–Crippen LogP) is 3.32. The summed E-state index contributed by atoms with van der Waals surface area (Å²) in [6.45, 7) is 8.43. The third-order valence-corrected chi connectivity index (χ3v) is 2.80. The normalized spacial score (nSPS) is 11.8. The molecule has 90 valence electrons. The largest absolute Gasteiger partial charge is 0.508 e. The van der Waals surface area contributed by atoms with E-state index in [9.17, 15) is 5.11 Å². The van der Waals surface area contributed by atoms with E-state index in [1.54, 1.807) is 12.1 Å². The number of aromatic hydroxyl groups is 1. The minimum absolute atomic E-state index is 0.0286. The van der Waals surface area contributed by atoms with E-state index in [0.29, 0.717) is 0 Å². The highest BCUT2D eigenvalue weighted by molar-refractivity contribution is 5.66. The Labute approximate surface area is 102 Å². The summed E-state index contributed by atoms with van der Waals surface area (Å²) in [6.07, 6.45) is 1.86. The van der Waals surface area contributed by atoms with Crippen LogP contribution in [-0.4, -0.2) is 14.9 Å². The molecular weight excluding hydrogens is 212 g/mol. The molecule has 1 heterocycles. The van der Waals surface area contributed by atoms with Crippen LogP contribution in [0.1, 0.15) is 26.5 Å². The van der Waals surface area contributed by atoms with Crippen molar-refractivity contribution in [2.24, 2.45) is 0 Å². The maximum atomic E-state index is 9.50. The van der Waals surface area contributed by atoms with Gasteiger partial charge in [0.2, 0.25) is 0 Å². The van der Waals surface area contributed by atoms with Crippen LogP contribution in [0.25, 0.3) is 11.1 Å². The molecule has 0 aliphatic heterocycles. The van der Waals surface area contributed by atoms with E-state index in [1.807, 2.05) is 23.0 Å². The van der Waals surface area contributed by atoms with Crippen molar-refractivity contribution in [3.05, 3.63) is 36.2 Å². The predicted molar refractivity (Wildman–Crippen MR) is 69.1 cm³/mol. The number of phenolic OH excluding ortho intramolecular Hbond substituents is 1. The lowest BCUT2D eigenvalue weighted by Gasteiger charge is -2.21. The number of nitrogens with zero attached hydrogens (tertiary/aromatic N) is 2. The first-order valence-electron chi connectivity index (χ1n) is 5.74. The van der Waals surface area contributed by atoms with Crippen LogP contribution >= 0.6 is 0 Å². The average Bonchev–Trinajstić information content (AvgIpc) is 2.59. The fourth-order valence-corrected chi connectivity index (χ4v) is 2.04. The van der Waals surface area contributed by atoms with Gasteiger partial charge in [-0.25, -0.2) is 0 Å². The monoisotopic (exact) mass is 230 g/mol. The van der Waals surface area contributed by atoms with Gasteiger partial charge in [-0.1, -0.05) is 12.1 Å². The maximum absolute atomic E-state index is 9.50. The Bertz CT molecular complexity index is 535. The van der Waals surface area contributed by atoms with E-state index in [-0.39, 0.29) is 11.3 Å². The number of hydrogen-bond acceptors (Lipinski definition) is 2. The number of rotatable bonds is 1. The molecule has 2 aromatic rings. The Morgan fingerprint density at radius 2 is 1.94 bits per heavy atom. The first-order valence-corrected chi connectivity index (χ1v) is 5.74. The Morgan fingerprint density at radius 1 is 1.24 bits per heavy atom. The molecule has 1 aromatic heterocycles. The zero-order valence-corrected chi connectivity index (χ0v) is 10.7. The molecule has 17 heavy (non-hydrogen) atoms. The molecule has 0 saturated carbocycles. The van der Waals surface area contributed by atoms with Crippen LogP contribution < -0.4 is 0 Å². The standard InChI is InChI=1S/C14H18N2O/c1-10-13(9-15-16(10)14(2,3)4)11-6-5-7-12(17)8-11/h5-9,17H,1-4H3. The molecular formula is C14H18N2O. The molecule has 0 aliphatic carbocycles. The molecule has 1 aromatic carbocycles. The average molecular weight is 230 g/mol. The van der Waals surface area contributed by atoms with Crippen LogP contribution in [0.2, 0.25) is 0 Å². The zero-order chi connectivity index (χ0) is 12.6. The summed E-state index contributed by atoms with van der Waals surface area (Å²) in [6, 6.07) is 7.26. The highest BCUT2D eigenvalue weighted by Gasteiger charge is 2.18. The van der Waals surface area contributed by atoms with Crippen LogP contribution in [0.4, 0.5) is 0 Å². The van der Waals surface area contributed by atoms with E-state index in [2.05, 4.69) is 32.8 Å². The van der Waals surface area contributed by atoms with Gasteiger partial charge in [-0.2, -0.15) is 5.10 Å². The van der Waals surface area contributed by atoms with Gasteiger partial charge in [0.25, 0.3) is 0 Å². The molecule has 0 saturated heterocycles. The molecule has 0 radical (unpaired) electrons. The fraction of sp³-hybridized carbons (Fsp3) is 0.357. The molecule has 0 fully saturated rings. The smallest absolute Gasteiger partial charge is 0.116 e. The lowest BCUT2D eigenvalue weighted by Crippen LogP contribution is -2.24. The summed E-state index contributed by atoms with van der Waals surface area (Å²) < 4.78 is 2.01. The van der Waals surface area contributed by atoms with Crippen molar-refractivity contribution < 1.29 is 5.11 Å². The molecule has 2 rings (SSSR count). The van der Waals surface area contributed by atoms with Crippen molar-refractivity contribution in [2.75, 3.05) is 0 Å². The van der Waals surface area contributed by atoms with Gasteiger partial charge >= 0.3 is 0 Å². The van der Waals surface area contributed by atoms with E-state index < -0.39 is 0 Å². The number of phenols is 1. The Balaban J connectivity index is 2.52. The van der Waals surface area contributed by atoms with Gasteiger partial charge in [-0.05, 0) is 45.4 Å². The quantitative estimate of drug-likeness (QED) is 0.816. The summed E-state index contributed by atoms with van der Waals surface area (Å²) in [5.74, 6) is 0.283.